The zero-order valence-corrected chi connectivity index (χ0v) is 14.2. The highest BCUT2D eigenvalue weighted by molar-refractivity contribution is 9.10. The number of amides is 2. The summed E-state index contributed by atoms with van der Waals surface area (Å²) in [4.78, 5) is 23.3. The Bertz CT molecular complexity index is 500. The van der Waals surface area contributed by atoms with Crippen LogP contribution in [-0.4, -0.2) is 38.1 Å². The summed E-state index contributed by atoms with van der Waals surface area (Å²) in [5.41, 5.74) is 7.16. The summed E-state index contributed by atoms with van der Waals surface area (Å²) in [6, 6.07) is 4.79. The van der Waals surface area contributed by atoms with Crippen LogP contribution in [0.5, 0.6) is 0 Å². The Morgan fingerprint density at radius 2 is 2.10 bits per heavy atom. The van der Waals surface area contributed by atoms with Gasteiger partial charge in [-0.2, -0.15) is 0 Å². The Morgan fingerprint density at radius 1 is 1.43 bits per heavy atom. The third kappa shape index (κ3) is 6.90. The van der Waals surface area contributed by atoms with Crippen LogP contribution in [0.2, 0.25) is 0 Å². The highest BCUT2D eigenvalue weighted by atomic mass is 79.9. The Hall–Kier alpha value is -1.15. The van der Waals surface area contributed by atoms with Crippen LogP contribution in [0, 0.1) is 6.92 Å². The van der Waals surface area contributed by atoms with Crippen molar-refractivity contribution in [2.45, 2.75) is 13.0 Å². The van der Waals surface area contributed by atoms with Crippen molar-refractivity contribution in [2.24, 2.45) is 5.73 Å². The average molecular weight is 381 g/mol. The van der Waals surface area contributed by atoms with E-state index in [1.807, 2.05) is 19.1 Å². The van der Waals surface area contributed by atoms with E-state index in [2.05, 4.69) is 26.6 Å². The van der Waals surface area contributed by atoms with E-state index in [4.69, 9.17) is 10.5 Å². The zero-order chi connectivity index (χ0) is 15.1. The zero-order valence-electron chi connectivity index (χ0n) is 11.8. The maximum atomic E-state index is 11.7. The fraction of sp³-hybridized carbons (Fsp3) is 0.385. The lowest BCUT2D eigenvalue weighted by Crippen LogP contribution is -2.45. The smallest absolute Gasteiger partial charge is 0.243 e. The van der Waals surface area contributed by atoms with Crippen LogP contribution in [0.1, 0.15) is 5.56 Å². The second-order valence-corrected chi connectivity index (χ2v) is 5.20. The predicted molar refractivity (Wildman–Crippen MR) is 87.6 cm³/mol. The molecule has 21 heavy (non-hydrogen) atoms. The minimum Gasteiger partial charge on any atom is -0.383 e. The number of hydrogen-bond acceptors (Lipinski definition) is 4. The molecule has 4 N–H and O–H groups in total. The van der Waals surface area contributed by atoms with Crippen molar-refractivity contribution in [3.63, 3.8) is 0 Å². The fourth-order valence-electron chi connectivity index (χ4n) is 1.48. The molecule has 0 fully saturated rings. The molecule has 1 aromatic rings. The maximum absolute atomic E-state index is 11.7. The normalized spacial score (nSPS) is 11.2. The molecule has 8 heteroatoms. The molecule has 0 aromatic heterocycles. The lowest BCUT2D eigenvalue weighted by atomic mass is 10.2. The quantitative estimate of drug-likeness (QED) is 0.691. The van der Waals surface area contributed by atoms with Gasteiger partial charge in [-0.15, -0.1) is 12.4 Å². The van der Waals surface area contributed by atoms with Gasteiger partial charge in [-0.1, -0.05) is 22.0 Å². The third-order valence-electron chi connectivity index (χ3n) is 2.58. The van der Waals surface area contributed by atoms with E-state index >= 15 is 0 Å². The van der Waals surface area contributed by atoms with Crippen molar-refractivity contribution in [3.8, 4) is 0 Å². The molecule has 0 aliphatic carbocycles. The number of carbonyl (C=O) groups excluding carboxylic acids is 2. The van der Waals surface area contributed by atoms with Crippen LogP contribution in [0.4, 0.5) is 5.69 Å². The van der Waals surface area contributed by atoms with Crippen LogP contribution in [0.25, 0.3) is 0 Å². The molecule has 118 valence electrons. The molecule has 0 heterocycles. The van der Waals surface area contributed by atoms with Gasteiger partial charge in [0.1, 0.15) is 6.04 Å². The number of nitrogens with two attached hydrogens (primary N) is 1. The van der Waals surface area contributed by atoms with Gasteiger partial charge in [0.05, 0.1) is 13.2 Å². The molecular formula is C13H19BrClN3O3. The van der Waals surface area contributed by atoms with Crippen LogP contribution >= 0.6 is 28.3 Å². The monoisotopic (exact) mass is 379 g/mol. The van der Waals surface area contributed by atoms with Gasteiger partial charge in [0.15, 0.2) is 0 Å². The standard InChI is InChI=1S/C13H18BrN3O3.ClH/c1-8-3-4-9(14)5-11(8)17-12(18)6-16-13(19)10(15)7-20-2;/h3-5,10H,6-7,15H2,1-2H3,(H,16,19)(H,17,18);1H. The number of carbonyl (C=O) groups is 2. The van der Waals surface area contributed by atoms with E-state index in [0.29, 0.717) is 5.69 Å². The van der Waals surface area contributed by atoms with E-state index in [1.165, 1.54) is 7.11 Å². The molecule has 0 aliphatic heterocycles. The Balaban J connectivity index is 0.00000400. The van der Waals surface area contributed by atoms with Crippen LogP contribution in [0.3, 0.4) is 0 Å². The molecule has 0 bridgehead atoms. The van der Waals surface area contributed by atoms with Gasteiger partial charge in [0, 0.05) is 17.3 Å². The largest absolute Gasteiger partial charge is 0.383 e. The first kappa shape index (κ1) is 19.9. The molecule has 0 saturated heterocycles. The number of rotatable bonds is 6. The first-order valence-electron chi connectivity index (χ1n) is 6.02. The molecule has 1 unspecified atom stereocenters. The van der Waals surface area contributed by atoms with Crippen molar-refractivity contribution in [3.05, 3.63) is 28.2 Å². The number of halogens is 2. The van der Waals surface area contributed by atoms with Crippen molar-refractivity contribution >= 4 is 45.8 Å². The molecule has 1 aromatic carbocycles. The average Bonchev–Trinajstić information content (AvgIpc) is 2.40. The number of ether oxygens (including phenoxy) is 1. The second-order valence-electron chi connectivity index (χ2n) is 4.29. The van der Waals surface area contributed by atoms with E-state index < -0.39 is 11.9 Å². The molecule has 0 aliphatic rings. The highest BCUT2D eigenvalue weighted by Gasteiger charge is 2.14. The van der Waals surface area contributed by atoms with E-state index in [9.17, 15) is 9.59 Å². The minimum absolute atomic E-state index is 0. The SMILES string of the molecule is COCC(N)C(=O)NCC(=O)Nc1cc(Br)ccc1C.Cl. The summed E-state index contributed by atoms with van der Waals surface area (Å²) in [7, 11) is 1.45. The Kier molecular flexibility index (Phi) is 9.19. The Labute approximate surface area is 138 Å². The van der Waals surface area contributed by atoms with Gasteiger partial charge in [-0.05, 0) is 24.6 Å². The van der Waals surface area contributed by atoms with Crippen molar-refractivity contribution in [2.75, 3.05) is 25.6 Å². The maximum Gasteiger partial charge on any atom is 0.243 e. The minimum atomic E-state index is -0.777. The van der Waals surface area contributed by atoms with Gasteiger partial charge >= 0.3 is 0 Å². The molecule has 0 spiro atoms. The first-order valence-corrected chi connectivity index (χ1v) is 6.81. The molecule has 6 nitrogen and oxygen atoms in total. The summed E-state index contributed by atoms with van der Waals surface area (Å²) in [6.45, 7) is 1.86. The van der Waals surface area contributed by atoms with Gasteiger partial charge in [0.2, 0.25) is 11.8 Å². The number of anilines is 1. The molecule has 0 saturated carbocycles. The lowest BCUT2D eigenvalue weighted by Gasteiger charge is -2.12. The Morgan fingerprint density at radius 3 is 2.71 bits per heavy atom. The molecule has 2 amide bonds. The lowest BCUT2D eigenvalue weighted by molar-refractivity contribution is -0.126. The first-order chi connectivity index (χ1) is 9.43. The summed E-state index contributed by atoms with van der Waals surface area (Å²) >= 11 is 3.33. The summed E-state index contributed by atoms with van der Waals surface area (Å²) in [6.07, 6.45) is 0. The molecule has 1 atom stereocenters. The van der Waals surface area contributed by atoms with Crippen LogP contribution < -0.4 is 16.4 Å². The predicted octanol–water partition coefficient (Wildman–Crippen LogP) is 1.21. The highest BCUT2D eigenvalue weighted by Crippen LogP contribution is 2.20. The van der Waals surface area contributed by atoms with Gasteiger partial charge < -0.3 is 21.1 Å². The van der Waals surface area contributed by atoms with Crippen LogP contribution in [0.15, 0.2) is 22.7 Å². The second kappa shape index (κ2) is 9.73. The van der Waals surface area contributed by atoms with Gasteiger partial charge in [0.25, 0.3) is 0 Å². The topological polar surface area (TPSA) is 93.4 Å². The van der Waals surface area contributed by atoms with Gasteiger partial charge in [-0.3, -0.25) is 9.59 Å². The molecular weight excluding hydrogens is 362 g/mol. The van der Waals surface area contributed by atoms with Crippen molar-refractivity contribution in [1.29, 1.82) is 0 Å². The number of hydrogen-bond donors (Lipinski definition) is 3. The summed E-state index contributed by atoms with van der Waals surface area (Å²) in [5, 5.41) is 5.18. The summed E-state index contributed by atoms with van der Waals surface area (Å²) < 4.78 is 5.63. The van der Waals surface area contributed by atoms with E-state index in [0.717, 1.165) is 10.0 Å². The van der Waals surface area contributed by atoms with Crippen molar-refractivity contribution in [1.82, 2.24) is 5.32 Å². The molecule has 0 radical (unpaired) electrons. The van der Waals surface area contributed by atoms with Crippen molar-refractivity contribution < 1.29 is 14.3 Å². The number of aryl methyl sites for hydroxylation is 1. The number of methoxy groups -OCH3 is 1. The number of benzene rings is 1. The summed E-state index contributed by atoms with van der Waals surface area (Å²) in [5.74, 6) is -0.739. The number of nitrogens with one attached hydrogen (secondary N) is 2. The third-order valence-corrected chi connectivity index (χ3v) is 3.07. The fourth-order valence-corrected chi connectivity index (χ4v) is 1.84. The van der Waals surface area contributed by atoms with Gasteiger partial charge in [-0.25, -0.2) is 0 Å². The van der Waals surface area contributed by atoms with Crippen LogP contribution in [-0.2, 0) is 14.3 Å². The van der Waals surface area contributed by atoms with E-state index in [1.54, 1.807) is 6.07 Å². The molecule has 1 rings (SSSR count). The van der Waals surface area contributed by atoms with E-state index in [-0.39, 0.29) is 31.5 Å².